The number of carboxylic acid groups (broad SMARTS) is 1. The quantitative estimate of drug-likeness (QED) is 0.613. The molecule has 1 rings (SSSR count). The van der Waals surface area contributed by atoms with Crippen molar-refractivity contribution in [2.75, 3.05) is 0 Å². The number of rotatable bonds is 5. The van der Waals surface area contributed by atoms with Crippen LogP contribution in [0, 0.1) is 0 Å². The van der Waals surface area contributed by atoms with E-state index in [0.29, 0.717) is 12.8 Å². The van der Waals surface area contributed by atoms with Gasteiger partial charge in [-0.1, -0.05) is 13.3 Å². The number of aliphatic hydroxyl groups excluding tert-OH is 1. The number of aliphatic hydroxyl groups is 1. The van der Waals surface area contributed by atoms with Crippen molar-refractivity contribution in [1.29, 1.82) is 0 Å². The zero-order valence-electron chi connectivity index (χ0n) is 8.57. The lowest BCUT2D eigenvalue weighted by atomic mass is 10.0. The summed E-state index contributed by atoms with van der Waals surface area (Å²) in [6, 6.07) is -0.230. The number of aliphatic carboxylic acids is 1. The first-order valence-corrected chi connectivity index (χ1v) is 5.30. The van der Waals surface area contributed by atoms with Gasteiger partial charge in [0.25, 0.3) is 0 Å². The molecule has 1 aliphatic rings. The van der Waals surface area contributed by atoms with Crippen LogP contribution in [0.1, 0.15) is 39.0 Å². The van der Waals surface area contributed by atoms with Crippen molar-refractivity contribution in [3.8, 4) is 0 Å². The third-order valence-corrected chi connectivity index (χ3v) is 2.72. The molecule has 82 valence electrons. The van der Waals surface area contributed by atoms with E-state index in [1.807, 2.05) is 6.92 Å². The third-order valence-electron chi connectivity index (χ3n) is 2.72. The van der Waals surface area contributed by atoms with Crippen LogP contribution in [-0.2, 0) is 4.79 Å². The number of hydrogen-bond acceptors (Lipinski definition) is 3. The third kappa shape index (κ3) is 3.27. The minimum Gasteiger partial charge on any atom is -0.480 e. The molecule has 0 radical (unpaired) electrons. The van der Waals surface area contributed by atoms with Gasteiger partial charge >= 0.3 is 5.97 Å². The Balaban J connectivity index is 2.25. The summed E-state index contributed by atoms with van der Waals surface area (Å²) < 4.78 is 0. The van der Waals surface area contributed by atoms with Gasteiger partial charge in [0.15, 0.2) is 0 Å². The molecule has 1 fully saturated rings. The number of carboxylic acids is 1. The molecule has 1 aliphatic heterocycles. The lowest BCUT2D eigenvalue weighted by Gasteiger charge is -2.15. The molecule has 4 nitrogen and oxygen atoms in total. The molecule has 4 heteroatoms. The smallest absolute Gasteiger partial charge is 0.320 e. The molecule has 0 aromatic rings. The fourth-order valence-electron chi connectivity index (χ4n) is 1.98. The normalized spacial score (nSPS) is 29.0. The molecule has 3 N–H and O–H groups in total. The van der Waals surface area contributed by atoms with Crippen LogP contribution in [0.5, 0.6) is 0 Å². The van der Waals surface area contributed by atoms with Gasteiger partial charge in [-0.25, -0.2) is 0 Å². The summed E-state index contributed by atoms with van der Waals surface area (Å²) in [6.45, 7) is 2.03. The maximum absolute atomic E-state index is 10.6. The Labute approximate surface area is 84.3 Å². The fourth-order valence-corrected chi connectivity index (χ4v) is 1.98. The Morgan fingerprint density at radius 3 is 2.79 bits per heavy atom. The van der Waals surface area contributed by atoms with E-state index in [1.54, 1.807) is 0 Å². The van der Waals surface area contributed by atoms with Crippen LogP contribution in [0.25, 0.3) is 0 Å². The molecule has 0 saturated carbocycles. The second-order valence-corrected chi connectivity index (χ2v) is 4.01. The van der Waals surface area contributed by atoms with Crippen LogP contribution < -0.4 is 5.32 Å². The van der Waals surface area contributed by atoms with Gasteiger partial charge in [-0.05, 0) is 25.7 Å². The molecule has 0 spiro atoms. The van der Waals surface area contributed by atoms with Crippen LogP contribution in [0.3, 0.4) is 0 Å². The summed E-state index contributed by atoms with van der Waals surface area (Å²) in [5, 5.41) is 21.3. The van der Waals surface area contributed by atoms with Gasteiger partial charge in [-0.3, -0.25) is 4.79 Å². The van der Waals surface area contributed by atoms with Gasteiger partial charge in [0, 0.05) is 6.04 Å². The summed E-state index contributed by atoms with van der Waals surface area (Å²) in [6.07, 6.45) is 3.70. The van der Waals surface area contributed by atoms with E-state index in [2.05, 4.69) is 5.32 Å². The van der Waals surface area contributed by atoms with Crippen LogP contribution in [-0.4, -0.2) is 34.4 Å². The summed E-state index contributed by atoms with van der Waals surface area (Å²) in [4.78, 5) is 10.6. The minimum absolute atomic E-state index is 0.178. The van der Waals surface area contributed by atoms with Crippen LogP contribution in [0.4, 0.5) is 0 Å². The van der Waals surface area contributed by atoms with E-state index >= 15 is 0 Å². The summed E-state index contributed by atoms with van der Waals surface area (Å²) in [7, 11) is 0. The van der Waals surface area contributed by atoms with Crippen molar-refractivity contribution in [2.24, 2.45) is 0 Å². The van der Waals surface area contributed by atoms with Crippen LogP contribution >= 0.6 is 0 Å². The highest BCUT2D eigenvalue weighted by Gasteiger charge is 2.29. The highest BCUT2D eigenvalue weighted by Crippen LogP contribution is 2.18. The Morgan fingerprint density at radius 2 is 2.29 bits per heavy atom. The zero-order valence-corrected chi connectivity index (χ0v) is 8.57. The second kappa shape index (κ2) is 5.32. The maximum atomic E-state index is 10.6. The number of hydrogen-bond donors (Lipinski definition) is 3. The van der Waals surface area contributed by atoms with E-state index in [0.717, 1.165) is 19.3 Å². The molecule has 14 heavy (non-hydrogen) atoms. The van der Waals surface area contributed by atoms with Crippen molar-refractivity contribution in [3.05, 3.63) is 0 Å². The molecule has 0 aromatic carbocycles. The molecule has 3 unspecified atom stereocenters. The Kier molecular flexibility index (Phi) is 4.35. The maximum Gasteiger partial charge on any atom is 0.320 e. The van der Waals surface area contributed by atoms with Gasteiger partial charge in [0.2, 0.25) is 0 Å². The molecule has 0 aromatic heterocycles. The molecule has 1 heterocycles. The Hall–Kier alpha value is -0.610. The van der Waals surface area contributed by atoms with Crippen LogP contribution in [0.2, 0.25) is 0 Å². The van der Waals surface area contributed by atoms with E-state index in [-0.39, 0.29) is 12.1 Å². The second-order valence-electron chi connectivity index (χ2n) is 4.01. The summed E-state index contributed by atoms with van der Waals surface area (Å²) in [5.74, 6) is -0.780. The Morgan fingerprint density at radius 1 is 1.57 bits per heavy atom. The monoisotopic (exact) mass is 201 g/mol. The average Bonchev–Trinajstić information content (AvgIpc) is 2.53. The first-order valence-electron chi connectivity index (χ1n) is 5.30. The molecule has 0 amide bonds. The summed E-state index contributed by atoms with van der Waals surface area (Å²) in [5.41, 5.74) is 0. The van der Waals surface area contributed by atoms with Crippen molar-refractivity contribution < 1.29 is 15.0 Å². The molecule has 0 bridgehead atoms. The first-order chi connectivity index (χ1) is 6.63. The van der Waals surface area contributed by atoms with Gasteiger partial charge in [0.1, 0.15) is 6.04 Å². The van der Waals surface area contributed by atoms with Crippen molar-refractivity contribution in [1.82, 2.24) is 5.32 Å². The lowest BCUT2D eigenvalue weighted by Crippen LogP contribution is -2.36. The zero-order chi connectivity index (χ0) is 10.6. The SMILES string of the molecule is CCCC(O)CC1CCC(C(=O)O)N1. The van der Waals surface area contributed by atoms with Gasteiger partial charge in [-0.2, -0.15) is 0 Å². The number of carbonyl (C=O) groups is 1. The largest absolute Gasteiger partial charge is 0.480 e. The van der Waals surface area contributed by atoms with E-state index in [4.69, 9.17) is 5.11 Å². The topological polar surface area (TPSA) is 69.6 Å². The summed E-state index contributed by atoms with van der Waals surface area (Å²) >= 11 is 0. The molecule has 0 aliphatic carbocycles. The predicted octanol–water partition coefficient (Wildman–Crippen LogP) is 0.743. The molecule has 3 atom stereocenters. The number of nitrogens with one attached hydrogen (secondary N) is 1. The first kappa shape index (κ1) is 11.5. The van der Waals surface area contributed by atoms with Gasteiger partial charge in [0.05, 0.1) is 6.10 Å². The highest BCUT2D eigenvalue weighted by molar-refractivity contribution is 5.73. The van der Waals surface area contributed by atoms with Crippen LogP contribution in [0.15, 0.2) is 0 Å². The van der Waals surface area contributed by atoms with E-state index in [1.165, 1.54) is 0 Å². The molecular weight excluding hydrogens is 182 g/mol. The standard InChI is InChI=1S/C10H19NO3/c1-2-3-8(12)6-7-4-5-9(11-7)10(13)14/h7-9,11-12H,2-6H2,1H3,(H,13,14). The van der Waals surface area contributed by atoms with Gasteiger partial charge < -0.3 is 15.5 Å². The fraction of sp³-hybridized carbons (Fsp3) is 0.900. The lowest BCUT2D eigenvalue weighted by molar-refractivity contribution is -0.139. The van der Waals surface area contributed by atoms with Crippen molar-refractivity contribution in [3.63, 3.8) is 0 Å². The average molecular weight is 201 g/mol. The van der Waals surface area contributed by atoms with Gasteiger partial charge in [-0.15, -0.1) is 0 Å². The molecular formula is C10H19NO3. The van der Waals surface area contributed by atoms with E-state index < -0.39 is 12.0 Å². The van der Waals surface area contributed by atoms with Crippen molar-refractivity contribution in [2.45, 2.75) is 57.2 Å². The molecule has 1 saturated heterocycles. The van der Waals surface area contributed by atoms with E-state index in [9.17, 15) is 9.90 Å². The predicted molar refractivity (Wildman–Crippen MR) is 53.1 cm³/mol. The minimum atomic E-state index is -0.780. The highest BCUT2D eigenvalue weighted by atomic mass is 16.4. The van der Waals surface area contributed by atoms with Crippen molar-refractivity contribution >= 4 is 5.97 Å². The Bertz CT molecular complexity index is 196.